The molecule has 0 atom stereocenters. The molecule has 0 amide bonds. The summed E-state index contributed by atoms with van der Waals surface area (Å²) < 4.78 is 15.3. The molecule has 2 N–H and O–H groups in total. The molecule has 5 heteroatoms. The maximum atomic E-state index is 13.7. The summed E-state index contributed by atoms with van der Waals surface area (Å²) in [7, 11) is 1.77. The summed E-state index contributed by atoms with van der Waals surface area (Å²) in [6, 6.07) is 0.0261. The molecule has 13 heavy (non-hydrogen) atoms. The summed E-state index contributed by atoms with van der Waals surface area (Å²) in [5.74, 6) is 0.689. The maximum absolute atomic E-state index is 13.7. The number of hydrogen-bond acceptors (Lipinski definition) is 3. The van der Waals surface area contributed by atoms with Gasteiger partial charge in [-0.05, 0) is 12.8 Å². The van der Waals surface area contributed by atoms with Crippen LogP contribution in [-0.2, 0) is 13.5 Å². The van der Waals surface area contributed by atoms with Crippen LogP contribution in [0.5, 0.6) is 0 Å². The van der Waals surface area contributed by atoms with Gasteiger partial charge in [-0.25, -0.2) is 9.37 Å². The van der Waals surface area contributed by atoms with E-state index >= 15 is 0 Å². The fourth-order valence-electron chi connectivity index (χ4n) is 1.79. The number of hydrogen-bond donors (Lipinski definition) is 1. The van der Waals surface area contributed by atoms with Crippen molar-refractivity contribution in [3.63, 3.8) is 0 Å². The second kappa shape index (κ2) is 2.77. The van der Waals surface area contributed by atoms with E-state index in [9.17, 15) is 4.39 Å². The molecule has 1 aromatic rings. The van der Waals surface area contributed by atoms with E-state index < -0.39 is 5.67 Å². The van der Waals surface area contributed by atoms with Gasteiger partial charge in [-0.3, -0.25) is 4.68 Å². The van der Waals surface area contributed by atoms with E-state index in [4.69, 9.17) is 5.73 Å². The first kappa shape index (κ1) is 8.62. The van der Waals surface area contributed by atoms with E-state index in [-0.39, 0.29) is 6.04 Å². The Labute approximate surface area is 75.9 Å². The molecule has 72 valence electrons. The van der Waals surface area contributed by atoms with Gasteiger partial charge in [0, 0.05) is 19.5 Å². The van der Waals surface area contributed by atoms with Gasteiger partial charge in [0.2, 0.25) is 0 Å². The molecule has 1 saturated carbocycles. The lowest BCUT2D eigenvalue weighted by Gasteiger charge is -2.38. The largest absolute Gasteiger partial charge is 0.327 e. The van der Waals surface area contributed by atoms with Gasteiger partial charge in [-0.15, -0.1) is 0 Å². The zero-order chi connectivity index (χ0) is 9.47. The monoisotopic (exact) mass is 184 g/mol. The lowest BCUT2D eigenvalue weighted by atomic mass is 9.75. The molecule has 0 radical (unpaired) electrons. The summed E-state index contributed by atoms with van der Waals surface area (Å²) in [5, 5.41) is 3.89. The van der Waals surface area contributed by atoms with Crippen molar-refractivity contribution in [3.05, 3.63) is 12.2 Å². The number of nitrogens with two attached hydrogens (primary N) is 1. The molecular weight excluding hydrogens is 171 g/mol. The van der Waals surface area contributed by atoms with Gasteiger partial charge in [0.05, 0.1) is 0 Å². The minimum absolute atomic E-state index is 0.0261. The second-order valence-corrected chi connectivity index (χ2v) is 3.80. The van der Waals surface area contributed by atoms with E-state index in [0.717, 1.165) is 0 Å². The van der Waals surface area contributed by atoms with E-state index in [0.29, 0.717) is 25.1 Å². The van der Waals surface area contributed by atoms with Crippen LogP contribution in [0.3, 0.4) is 0 Å². The van der Waals surface area contributed by atoms with Crippen LogP contribution in [0.15, 0.2) is 6.33 Å². The molecule has 0 unspecified atom stereocenters. The number of alkyl halides is 1. The van der Waals surface area contributed by atoms with Crippen molar-refractivity contribution >= 4 is 0 Å². The van der Waals surface area contributed by atoms with Gasteiger partial charge >= 0.3 is 0 Å². The third kappa shape index (κ3) is 1.56. The highest BCUT2D eigenvalue weighted by Gasteiger charge is 2.43. The molecule has 4 nitrogen and oxygen atoms in total. The number of aromatic nitrogens is 3. The molecule has 1 aliphatic rings. The Morgan fingerprint density at radius 1 is 1.77 bits per heavy atom. The minimum atomic E-state index is -1.14. The number of rotatable bonds is 2. The summed E-state index contributed by atoms with van der Waals surface area (Å²) in [6.07, 6.45) is 2.66. The minimum Gasteiger partial charge on any atom is -0.327 e. The zero-order valence-electron chi connectivity index (χ0n) is 7.57. The van der Waals surface area contributed by atoms with Crippen LogP contribution in [0.1, 0.15) is 18.7 Å². The summed E-state index contributed by atoms with van der Waals surface area (Å²) in [6.45, 7) is 0. The summed E-state index contributed by atoms with van der Waals surface area (Å²) in [5.41, 5.74) is 4.40. The van der Waals surface area contributed by atoms with Gasteiger partial charge < -0.3 is 5.73 Å². The second-order valence-electron chi connectivity index (χ2n) is 3.80. The molecule has 1 heterocycles. The van der Waals surface area contributed by atoms with Gasteiger partial charge in [0.15, 0.2) is 0 Å². The Kier molecular flexibility index (Phi) is 1.83. The maximum Gasteiger partial charge on any atom is 0.138 e. The van der Waals surface area contributed by atoms with Crippen molar-refractivity contribution in [1.29, 1.82) is 0 Å². The third-order valence-corrected chi connectivity index (χ3v) is 2.54. The van der Waals surface area contributed by atoms with Gasteiger partial charge in [0.1, 0.15) is 17.8 Å². The highest BCUT2D eigenvalue weighted by atomic mass is 19.1. The average molecular weight is 184 g/mol. The highest BCUT2D eigenvalue weighted by molar-refractivity contribution is 5.04. The van der Waals surface area contributed by atoms with Crippen LogP contribution in [0.2, 0.25) is 0 Å². The molecule has 1 fully saturated rings. The Bertz CT molecular complexity index is 303. The molecule has 0 aliphatic heterocycles. The Balaban J connectivity index is 2.03. The lowest BCUT2D eigenvalue weighted by molar-refractivity contribution is 0.0415. The molecule has 0 saturated heterocycles. The van der Waals surface area contributed by atoms with Crippen molar-refractivity contribution in [1.82, 2.24) is 14.8 Å². The summed E-state index contributed by atoms with van der Waals surface area (Å²) in [4.78, 5) is 3.98. The van der Waals surface area contributed by atoms with Crippen LogP contribution in [-0.4, -0.2) is 26.5 Å². The van der Waals surface area contributed by atoms with Crippen molar-refractivity contribution in [2.24, 2.45) is 12.8 Å². The van der Waals surface area contributed by atoms with E-state index in [1.807, 2.05) is 0 Å². The van der Waals surface area contributed by atoms with Crippen LogP contribution in [0.4, 0.5) is 4.39 Å². The Morgan fingerprint density at radius 3 is 2.92 bits per heavy atom. The molecule has 0 bridgehead atoms. The van der Waals surface area contributed by atoms with Crippen LogP contribution in [0.25, 0.3) is 0 Å². The Morgan fingerprint density at radius 2 is 2.46 bits per heavy atom. The first-order valence-electron chi connectivity index (χ1n) is 4.36. The highest BCUT2D eigenvalue weighted by Crippen LogP contribution is 2.37. The van der Waals surface area contributed by atoms with Crippen molar-refractivity contribution in [2.75, 3.05) is 0 Å². The lowest BCUT2D eigenvalue weighted by Crippen LogP contribution is -2.50. The van der Waals surface area contributed by atoms with Crippen LogP contribution >= 0.6 is 0 Å². The van der Waals surface area contributed by atoms with Gasteiger partial charge in [-0.2, -0.15) is 5.10 Å². The first-order valence-corrected chi connectivity index (χ1v) is 4.36. The normalized spacial score (nSPS) is 33.0. The molecular formula is C8H13FN4. The molecule has 0 aromatic carbocycles. The standard InChI is InChI=1S/C8H13FN4/c1-13-7(11-5-12-13)4-8(9)2-6(10)3-8/h5-6H,2-4,10H2,1H3. The predicted molar refractivity (Wildman–Crippen MR) is 45.8 cm³/mol. The van der Waals surface area contributed by atoms with E-state index in [1.165, 1.54) is 6.33 Å². The smallest absolute Gasteiger partial charge is 0.138 e. The quantitative estimate of drug-likeness (QED) is 0.713. The van der Waals surface area contributed by atoms with Crippen LogP contribution < -0.4 is 5.73 Å². The molecule has 0 spiro atoms. The third-order valence-electron chi connectivity index (χ3n) is 2.54. The topological polar surface area (TPSA) is 56.7 Å². The van der Waals surface area contributed by atoms with E-state index in [1.54, 1.807) is 11.7 Å². The van der Waals surface area contributed by atoms with Crippen molar-refractivity contribution in [2.45, 2.75) is 31.0 Å². The molecule has 1 aliphatic carbocycles. The number of aryl methyl sites for hydroxylation is 1. The van der Waals surface area contributed by atoms with Crippen molar-refractivity contribution in [3.8, 4) is 0 Å². The predicted octanol–water partition coefficient (Wildman–Crippen LogP) is 0.187. The number of nitrogens with zero attached hydrogens (tertiary/aromatic N) is 3. The fraction of sp³-hybridized carbons (Fsp3) is 0.750. The number of halogens is 1. The van der Waals surface area contributed by atoms with Crippen LogP contribution in [0, 0.1) is 0 Å². The summed E-state index contributed by atoms with van der Waals surface area (Å²) >= 11 is 0. The van der Waals surface area contributed by atoms with Gasteiger partial charge in [-0.1, -0.05) is 0 Å². The molecule has 1 aromatic heterocycles. The van der Waals surface area contributed by atoms with Crippen molar-refractivity contribution < 1.29 is 4.39 Å². The first-order chi connectivity index (χ1) is 6.09. The zero-order valence-corrected chi connectivity index (χ0v) is 7.57. The molecule has 2 rings (SSSR count). The van der Waals surface area contributed by atoms with Gasteiger partial charge in [0.25, 0.3) is 0 Å². The van der Waals surface area contributed by atoms with E-state index in [2.05, 4.69) is 10.1 Å². The average Bonchev–Trinajstić information content (AvgIpc) is 2.33. The SMILES string of the molecule is Cn1ncnc1CC1(F)CC(N)C1. The Hall–Kier alpha value is -0.970. The fourth-order valence-corrected chi connectivity index (χ4v) is 1.79.